The molecule has 1 aliphatic rings. The summed E-state index contributed by atoms with van der Waals surface area (Å²) in [6.45, 7) is 2.79. The Morgan fingerprint density at radius 2 is 1.86 bits per heavy atom. The van der Waals surface area contributed by atoms with Gasteiger partial charge < -0.3 is 21.1 Å². The number of carbonyl (C=O) groups is 2. The number of nitrogens with one attached hydrogen (secondary N) is 2. The molecule has 1 aromatic heterocycles. The van der Waals surface area contributed by atoms with Crippen molar-refractivity contribution in [1.82, 2.24) is 25.2 Å². The third kappa shape index (κ3) is 7.12. The predicted molar refractivity (Wildman–Crippen MR) is 136 cm³/mol. The summed E-state index contributed by atoms with van der Waals surface area (Å²) >= 11 is 0. The van der Waals surface area contributed by atoms with Crippen molar-refractivity contribution in [1.29, 1.82) is 0 Å². The molecule has 0 radical (unpaired) electrons. The molecule has 2 aromatic carbocycles. The van der Waals surface area contributed by atoms with E-state index in [0.29, 0.717) is 18.8 Å². The van der Waals surface area contributed by atoms with Gasteiger partial charge in [-0.3, -0.25) is 9.69 Å². The maximum atomic E-state index is 13.3. The van der Waals surface area contributed by atoms with Crippen molar-refractivity contribution in [2.24, 2.45) is 18.7 Å². The maximum Gasteiger partial charge on any atom is 0.408 e. The lowest BCUT2D eigenvalue weighted by Gasteiger charge is -2.35. The van der Waals surface area contributed by atoms with E-state index in [1.807, 2.05) is 54.6 Å². The number of rotatable bonds is 9. The Morgan fingerprint density at radius 3 is 2.56 bits per heavy atom. The molecule has 0 unspecified atom stereocenters. The first kappa shape index (κ1) is 25.3. The van der Waals surface area contributed by atoms with Crippen molar-refractivity contribution in [3.8, 4) is 0 Å². The van der Waals surface area contributed by atoms with Crippen molar-refractivity contribution in [3.05, 3.63) is 77.6 Å². The second kappa shape index (κ2) is 12.3. The summed E-state index contributed by atoms with van der Waals surface area (Å²) in [7, 11) is 1.80. The van der Waals surface area contributed by atoms with Crippen LogP contribution in [0.2, 0.25) is 0 Å². The quantitative estimate of drug-likeness (QED) is 0.419. The molecule has 2 heterocycles. The van der Waals surface area contributed by atoms with Crippen LogP contribution in [0.25, 0.3) is 0 Å². The van der Waals surface area contributed by atoms with Gasteiger partial charge in [-0.2, -0.15) is 15.0 Å². The van der Waals surface area contributed by atoms with Gasteiger partial charge in [0, 0.05) is 25.8 Å². The molecule has 0 saturated carbocycles. The van der Waals surface area contributed by atoms with Crippen LogP contribution in [0.15, 0.2) is 60.8 Å². The molecule has 10 nitrogen and oxygen atoms in total. The summed E-state index contributed by atoms with van der Waals surface area (Å²) in [4.78, 5) is 29.9. The molecule has 2 amide bonds. The number of benzene rings is 2. The summed E-state index contributed by atoms with van der Waals surface area (Å²) in [6, 6.07) is 16.1. The molecule has 1 atom stereocenters. The number of piperidine rings is 1. The Labute approximate surface area is 210 Å². The fourth-order valence-corrected chi connectivity index (χ4v) is 4.42. The van der Waals surface area contributed by atoms with Crippen molar-refractivity contribution in [2.45, 2.75) is 38.6 Å². The number of carbonyl (C=O) groups excluding carboxylic acids is 2. The highest BCUT2D eigenvalue weighted by molar-refractivity contribution is 5.96. The minimum absolute atomic E-state index is 0.0370. The van der Waals surface area contributed by atoms with E-state index >= 15 is 0 Å². The van der Waals surface area contributed by atoms with Crippen LogP contribution >= 0.6 is 0 Å². The average molecular weight is 492 g/mol. The smallest absolute Gasteiger partial charge is 0.408 e. The molecule has 190 valence electrons. The van der Waals surface area contributed by atoms with Crippen LogP contribution in [-0.4, -0.2) is 51.0 Å². The molecule has 10 heteroatoms. The lowest BCUT2D eigenvalue weighted by atomic mass is 9.88. The number of anilines is 1. The lowest BCUT2D eigenvalue weighted by Crippen LogP contribution is -2.51. The normalized spacial score (nSPS) is 15.3. The summed E-state index contributed by atoms with van der Waals surface area (Å²) in [6.07, 6.45) is 2.65. The zero-order valence-corrected chi connectivity index (χ0v) is 20.5. The number of nitrogens with two attached hydrogens (primary N) is 1. The molecule has 0 spiro atoms. The van der Waals surface area contributed by atoms with Crippen molar-refractivity contribution in [2.75, 3.05) is 18.4 Å². The largest absolute Gasteiger partial charge is 0.445 e. The van der Waals surface area contributed by atoms with Crippen LogP contribution in [-0.2, 0) is 36.3 Å². The molecule has 0 aliphatic carbocycles. The first-order chi connectivity index (χ1) is 17.5. The number of aryl methyl sites for hydroxylation is 1. The van der Waals surface area contributed by atoms with E-state index in [1.54, 1.807) is 18.0 Å². The zero-order chi connectivity index (χ0) is 25.3. The van der Waals surface area contributed by atoms with Crippen molar-refractivity contribution >= 4 is 17.7 Å². The SMILES string of the molecule is Cn1ncc(CN2CCC([C@H](NC(=O)OCc3ccccc3)C(=O)Nc3cccc(CN)c3)CC2)n1. The Morgan fingerprint density at radius 1 is 1.11 bits per heavy atom. The topological polar surface area (TPSA) is 127 Å². The summed E-state index contributed by atoms with van der Waals surface area (Å²) in [5.74, 6) is -0.307. The summed E-state index contributed by atoms with van der Waals surface area (Å²) in [5, 5.41) is 14.3. The van der Waals surface area contributed by atoms with Crippen LogP contribution in [0, 0.1) is 5.92 Å². The Balaban J connectivity index is 1.40. The van der Waals surface area contributed by atoms with Gasteiger partial charge in [-0.25, -0.2) is 4.79 Å². The molecule has 1 fully saturated rings. The second-order valence-electron chi connectivity index (χ2n) is 9.02. The van der Waals surface area contributed by atoms with Gasteiger partial charge in [-0.05, 0) is 55.1 Å². The highest BCUT2D eigenvalue weighted by atomic mass is 16.5. The van der Waals surface area contributed by atoms with E-state index in [2.05, 4.69) is 25.7 Å². The molecular formula is C26H33N7O3. The van der Waals surface area contributed by atoms with Gasteiger partial charge in [0.1, 0.15) is 12.6 Å². The molecule has 0 bridgehead atoms. The molecule has 36 heavy (non-hydrogen) atoms. The third-order valence-corrected chi connectivity index (χ3v) is 6.34. The number of ether oxygens (including phenoxy) is 1. The van der Waals surface area contributed by atoms with Gasteiger partial charge in [0.15, 0.2) is 0 Å². The number of alkyl carbamates (subject to hydrolysis) is 1. The fourth-order valence-electron chi connectivity index (χ4n) is 4.42. The molecule has 4 N–H and O–H groups in total. The lowest BCUT2D eigenvalue weighted by molar-refractivity contribution is -0.119. The van der Waals surface area contributed by atoms with Gasteiger partial charge in [0.2, 0.25) is 5.91 Å². The summed E-state index contributed by atoms with van der Waals surface area (Å²) < 4.78 is 5.41. The first-order valence-corrected chi connectivity index (χ1v) is 12.1. The highest BCUT2D eigenvalue weighted by Crippen LogP contribution is 2.23. The predicted octanol–water partition coefficient (Wildman–Crippen LogP) is 2.42. The number of amides is 2. The Bertz CT molecular complexity index is 1140. The number of hydrogen-bond donors (Lipinski definition) is 3. The molecule has 4 rings (SSSR count). The van der Waals surface area contributed by atoms with Crippen molar-refractivity contribution in [3.63, 3.8) is 0 Å². The molecule has 1 aliphatic heterocycles. The first-order valence-electron chi connectivity index (χ1n) is 12.1. The Kier molecular flexibility index (Phi) is 8.64. The standard InChI is InChI=1S/C26H33N7O3/c1-32-28-16-23(31-32)17-33-12-10-21(11-13-33)24(25(34)29-22-9-5-8-20(14-22)15-27)30-26(35)36-18-19-6-3-2-4-7-19/h2-9,14,16,21,24H,10-13,15,17-18,27H2,1H3,(H,29,34)(H,30,35)/t24-/m0/s1. The number of nitrogens with zero attached hydrogens (tertiary/aromatic N) is 4. The minimum Gasteiger partial charge on any atom is -0.445 e. The fraction of sp³-hybridized carbons (Fsp3) is 0.385. The maximum absolute atomic E-state index is 13.3. The van der Waals surface area contributed by atoms with Crippen LogP contribution in [0.4, 0.5) is 10.5 Å². The molecule has 3 aromatic rings. The summed E-state index contributed by atoms with van der Waals surface area (Å²) in [5.41, 5.74) is 9.09. The molecular weight excluding hydrogens is 458 g/mol. The van der Waals surface area contributed by atoms with E-state index < -0.39 is 12.1 Å². The van der Waals surface area contributed by atoms with E-state index in [4.69, 9.17) is 10.5 Å². The van der Waals surface area contributed by atoms with Crippen LogP contribution < -0.4 is 16.4 Å². The zero-order valence-electron chi connectivity index (χ0n) is 20.5. The van der Waals surface area contributed by atoms with Gasteiger partial charge in [-0.15, -0.1) is 0 Å². The highest BCUT2D eigenvalue weighted by Gasteiger charge is 2.33. The van der Waals surface area contributed by atoms with Gasteiger partial charge in [-0.1, -0.05) is 42.5 Å². The van der Waals surface area contributed by atoms with Gasteiger partial charge >= 0.3 is 6.09 Å². The second-order valence-corrected chi connectivity index (χ2v) is 9.02. The van der Waals surface area contributed by atoms with E-state index in [-0.39, 0.29) is 18.4 Å². The van der Waals surface area contributed by atoms with Crippen LogP contribution in [0.3, 0.4) is 0 Å². The average Bonchev–Trinajstić information content (AvgIpc) is 3.31. The monoisotopic (exact) mass is 491 g/mol. The van der Waals surface area contributed by atoms with Crippen LogP contribution in [0.1, 0.15) is 29.7 Å². The third-order valence-electron chi connectivity index (χ3n) is 6.34. The van der Waals surface area contributed by atoms with Gasteiger partial charge in [0.25, 0.3) is 0 Å². The van der Waals surface area contributed by atoms with E-state index in [1.165, 1.54) is 0 Å². The molecule has 1 saturated heterocycles. The Hall–Kier alpha value is -3.76. The number of hydrogen-bond acceptors (Lipinski definition) is 7. The number of likely N-dealkylation sites (tertiary alicyclic amines) is 1. The van der Waals surface area contributed by atoms with Gasteiger partial charge in [0.05, 0.1) is 11.9 Å². The van der Waals surface area contributed by atoms with Crippen LogP contribution in [0.5, 0.6) is 0 Å². The minimum atomic E-state index is -0.728. The van der Waals surface area contributed by atoms with Crippen molar-refractivity contribution < 1.29 is 14.3 Å². The number of aromatic nitrogens is 3. The van der Waals surface area contributed by atoms with E-state index in [9.17, 15) is 9.59 Å². The van der Waals surface area contributed by atoms with E-state index in [0.717, 1.165) is 42.8 Å².